The third-order valence-corrected chi connectivity index (χ3v) is 3.59. The van der Waals surface area contributed by atoms with E-state index in [0.717, 1.165) is 11.6 Å². The smallest absolute Gasteiger partial charge is 0.0408 e. The van der Waals surface area contributed by atoms with Crippen molar-refractivity contribution in [2.24, 2.45) is 0 Å². The molecule has 0 aliphatic carbocycles. The summed E-state index contributed by atoms with van der Waals surface area (Å²) in [6.45, 7) is 9.92. The molecule has 0 aromatic heterocycles. The molecule has 1 N–H and O–H groups in total. The molecule has 0 heterocycles. The SMILES string of the molecule is CCCCCC(CNC(C)(C)C)c1cccc(Cl)c1. The lowest BCUT2D eigenvalue weighted by atomic mass is 9.92. The van der Waals surface area contributed by atoms with Crippen LogP contribution in [0.25, 0.3) is 0 Å². The lowest BCUT2D eigenvalue weighted by Crippen LogP contribution is -2.38. The molecule has 0 saturated carbocycles. The van der Waals surface area contributed by atoms with Crippen molar-refractivity contribution in [3.63, 3.8) is 0 Å². The number of rotatable bonds is 7. The van der Waals surface area contributed by atoms with E-state index >= 15 is 0 Å². The Labute approximate surface area is 123 Å². The van der Waals surface area contributed by atoms with Gasteiger partial charge in [-0.3, -0.25) is 0 Å². The van der Waals surface area contributed by atoms with Crippen LogP contribution < -0.4 is 5.32 Å². The first-order valence-electron chi connectivity index (χ1n) is 7.43. The fourth-order valence-corrected chi connectivity index (χ4v) is 2.42. The molecule has 1 atom stereocenters. The zero-order valence-electron chi connectivity index (χ0n) is 12.8. The van der Waals surface area contributed by atoms with E-state index in [2.05, 4.69) is 51.2 Å². The van der Waals surface area contributed by atoms with Gasteiger partial charge in [-0.15, -0.1) is 0 Å². The molecule has 0 bridgehead atoms. The van der Waals surface area contributed by atoms with Crippen LogP contribution in [0.1, 0.15) is 64.9 Å². The Bertz CT molecular complexity index is 368. The Morgan fingerprint density at radius 2 is 1.95 bits per heavy atom. The predicted molar refractivity (Wildman–Crippen MR) is 86.1 cm³/mol. The minimum absolute atomic E-state index is 0.168. The van der Waals surface area contributed by atoms with Crippen molar-refractivity contribution in [3.8, 4) is 0 Å². The molecular formula is C17H28ClN. The molecule has 0 saturated heterocycles. The number of nitrogens with one attached hydrogen (secondary N) is 1. The van der Waals surface area contributed by atoms with Crippen LogP contribution in [0, 0.1) is 0 Å². The predicted octanol–water partition coefficient (Wildman–Crippen LogP) is 5.39. The Hall–Kier alpha value is -0.530. The second-order valence-electron chi connectivity index (χ2n) is 6.38. The summed E-state index contributed by atoms with van der Waals surface area (Å²) in [6, 6.07) is 8.32. The summed E-state index contributed by atoms with van der Waals surface area (Å²) < 4.78 is 0. The van der Waals surface area contributed by atoms with Crippen LogP contribution in [0.5, 0.6) is 0 Å². The van der Waals surface area contributed by atoms with E-state index in [-0.39, 0.29) is 5.54 Å². The van der Waals surface area contributed by atoms with E-state index in [1.54, 1.807) is 0 Å². The van der Waals surface area contributed by atoms with Crippen LogP contribution in [0.3, 0.4) is 0 Å². The summed E-state index contributed by atoms with van der Waals surface area (Å²) in [5.74, 6) is 0.560. The van der Waals surface area contributed by atoms with Gasteiger partial charge in [0.15, 0.2) is 0 Å². The van der Waals surface area contributed by atoms with Gasteiger partial charge in [-0.1, -0.05) is 49.9 Å². The highest BCUT2D eigenvalue weighted by Crippen LogP contribution is 2.25. The van der Waals surface area contributed by atoms with Crippen molar-refractivity contribution in [2.75, 3.05) is 6.54 Å². The largest absolute Gasteiger partial charge is 0.311 e. The van der Waals surface area contributed by atoms with E-state index < -0.39 is 0 Å². The van der Waals surface area contributed by atoms with Crippen molar-refractivity contribution in [3.05, 3.63) is 34.9 Å². The van der Waals surface area contributed by atoms with Crippen LogP contribution in [0.4, 0.5) is 0 Å². The highest BCUT2D eigenvalue weighted by molar-refractivity contribution is 6.30. The van der Waals surface area contributed by atoms with E-state index in [1.165, 1.54) is 31.2 Å². The number of hydrogen-bond donors (Lipinski definition) is 1. The number of halogens is 1. The average Bonchev–Trinajstić information content (AvgIpc) is 2.32. The Morgan fingerprint density at radius 1 is 1.21 bits per heavy atom. The summed E-state index contributed by atoms with van der Waals surface area (Å²) >= 11 is 6.12. The minimum Gasteiger partial charge on any atom is -0.311 e. The Kier molecular flexibility index (Phi) is 6.88. The summed E-state index contributed by atoms with van der Waals surface area (Å²) in [6.07, 6.45) is 5.11. The maximum Gasteiger partial charge on any atom is 0.0408 e. The highest BCUT2D eigenvalue weighted by Gasteiger charge is 2.16. The third-order valence-electron chi connectivity index (χ3n) is 3.36. The van der Waals surface area contributed by atoms with Crippen LogP contribution in [0.15, 0.2) is 24.3 Å². The summed E-state index contributed by atoms with van der Waals surface area (Å²) in [7, 11) is 0. The summed E-state index contributed by atoms with van der Waals surface area (Å²) in [5, 5.41) is 4.47. The Balaban J connectivity index is 2.68. The number of hydrogen-bond acceptors (Lipinski definition) is 1. The first-order valence-corrected chi connectivity index (χ1v) is 7.80. The molecule has 0 radical (unpaired) electrons. The molecule has 0 aliphatic heterocycles. The monoisotopic (exact) mass is 281 g/mol. The van der Waals surface area contributed by atoms with Gasteiger partial charge in [0.1, 0.15) is 0 Å². The quantitative estimate of drug-likeness (QED) is 0.661. The summed E-state index contributed by atoms with van der Waals surface area (Å²) in [4.78, 5) is 0. The first kappa shape index (κ1) is 16.5. The molecular weight excluding hydrogens is 254 g/mol. The standard InChI is InChI=1S/C17H28ClN/c1-5-6-7-9-15(13-19-17(2,3)4)14-10-8-11-16(18)12-14/h8,10-12,15,19H,5-7,9,13H2,1-4H3. The maximum absolute atomic E-state index is 6.12. The summed E-state index contributed by atoms with van der Waals surface area (Å²) in [5.41, 5.74) is 1.53. The molecule has 1 aromatic rings. The van der Waals surface area contributed by atoms with Crippen LogP contribution >= 0.6 is 11.6 Å². The topological polar surface area (TPSA) is 12.0 Å². The van der Waals surface area contributed by atoms with Gasteiger partial charge in [-0.2, -0.15) is 0 Å². The van der Waals surface area contributed by atoms with E-state index in [9.17, 15) is 0 Å². The first-order chi connectivity index (χ1) is 8.92. The van der Waals surface area contributed by atoms with Crippen molar-refractivity contribution in [2.45, 2.75) is 64.8 Å². The van der Waals surface area contributed by atoms with Crippen LogP contribution in [-0.2, 0) is 0 Å². The molecule has 1 unspecified atom stereocenters. The molecule has 0 fully saturated rings. The third kappa shape index (κ3) is 6.98. The van der Waals surface area contributed by atoms with Crippen molar-refractivity contribution in [1.82, 2.24) is 5.32 Å². The van der Waals surface area contributed by atoms with Gasteiger partial charge in [0.2, 0.25) is 0 Å². The maximum atomic E-state index is 6.12. The van der Waals surface area contributed by atoms with Gasteiger partial charge in [0.25, 0.3) is 0 Å². The number of benzene rings is 1. The van der Waals surface area contributed by atoms with Crippen LogP contribution in [-0.4, -0.2) is 12.1 Å². The van der Waals surface area contributed by atoms with Gasteiger partial charge in [0, 0.05) is 17.1 Å². The molecule has 0 amide bonds. The van der Waals surface area contributed by atoms with E-state index in [4.69, 9.17) is 11.6 Å². The van der Waals surface area contributed by atoms with Gasteiger partial charge in [-0.05, 0) is 50.8 Å². The van der Waals surface area contributed by atoms with E-state index in [0.29, 0.717) is 5.92 Å². The van der Waals surface area contributed by atoms with Crippen molar-refractivity contribution in [1.29, 1.82) is 0 Å². The zero-order chi connectivity index (χ0) is 14.3. The van der Waals surface area contributed by atoms with Gasteiger partial charge < -0.3 is 5.32 Å². The fraction of sp³-hybridized carbons (Fsp3) is 0.647. The van der Waals surface area contributed by atoms with Crippen molar-refractivity contribution >= 4 is 11.6 Å². The zero-order valence-corrected chi connectivity index (χ0v) is 13.6. The molecule has 19 heavy (non-hydrogen) atoms. The lowest BCUT2D eigenvalue weighted by molar-refractivity contribution is 0.394. The second-order valence-corrected chi connectivity index (χ2v) is 6.82. The van der Waals surface area contributed by atoms with Gasteiger partial charge in [-0.25, -0.2) is 0 Å². The molecule has 0 aliphatic rings. The van der Waals surface area contributed by atoms with Crippen LogP contribution in [0.2, 0.25) is 5.02 Å². The minimum atomic E-state index is 0.168. The molecule has 1 nitrogen and oxygen atoms in total. The molecule has 0 spiro atoms. The molecule has 2 heteroatoms. The molecule has 108 valence electrons. The second kappa shape index (κ2) is 7.91. The molecule has 1 rings (SSSR count). The normalized spacial score (nSPS) is 13.5. The van der Waals surface area contributed by atoms with E-state index in [1.807, 2.05) is 6.07 Å². The van der Waals surface area contributed by atoms with Crippen molar-refractivity contribution < 1.29 is 0 Å². The molecule has 1 aromatic carbocycles. The lowest BCUT2D eigenvalue weighted by Gasteiger charge is -2.26. The van der Waals surface area contributed by atoms with Gasteiger partial charge in [0.05, 0.1) is 0 Å². The Morgan fingerprint density at radius 3 is 2.53 bits per heavy atom. The fourth-order valence-electron chi connectivity index (χ4n) is 2.22. The number of unbranched alkanes of at least 4 members (excludes halogenated alkanes) is 2. The highest BCUT2D eigenvalue weighted by atomic mass is 35.5. The average molecular weight is 282 g/mol. The van der Waals surface area contributed by atoms with Gasteiger partial charge >= 0.3 is 0 Å².